The average Bonchev–Trinajstić information content (AvgIpc) is 2.92. The third-order valence-corrected chi connectivity index (χ3v) is 4.09. The first-order valence-corrected chi connectivity index (χ1v) is 6.85. The highest BCUT2D eigenvalue weighted by atomic mass is 32.2. The standard InChI is InChI=1S/C12H11NO3S2/c14-11-8(13-12(17)18-11)3-1-7-2-4-9-10(5-7)16-6-15-9/h2,4-5,8H,1,3,6H2,(H,13,17). The third kappa shape index (κ3) is 2.30. The van der Waals surface area contributed by atoms with Gasteiger partial charge in [-0.3, -0.25) is 4.79 Å². The van der Waals surface area contributed by atoms with E-state index in [4.69, 9.17) is 21.7 Å². The van der Waals surface area contributed by atoms with E-state index in [2.05, 4.69) is 5.32 Å². The first-order valence-electron chi connectivity index (χ1n) is 5.63. The Morgan fingerprint density at radius 1 is 1.39 bits per heavy atom. The zero-order valence-electron chi connectivity index (χ0n) is 9.47. The van der Waals surface area contributed by atoms with Gasteiger partial charge in [-0.05, 0) is 42.3 Å². The molecule has 3 rings (SSSR count). The Labute approximate surface area is 114 Å². The number of nitrogens with one attached hydrogen (secondary N) is 1. The van der Waals surface area contributed by atoms with E-state index in [1.807, 2.05) is 18.2 Å². The maximum Gasteiger partial charge on any atom is 0.231 e. The predicted octanol–water partition coefficient (Wildman–Crippen LogP) is 1.86. The number of ether oxygens (including phenoxy) is 2. The smallest absolute Gasteiger partial charge is 0.231 e. The molecule has 1 saturated heterocycles. The van der Waals surface area contributed by atoms with Crippen molar-refractivity contribution in [3.8, 4) is 11.5 Å². The minimum Gasteiger partial charge on any atom is -0.454 e. The minimum absolute atomic E-state index is 0.112. The molecule has 1 fully saturated rings. The molecule has 1 aromatic rings. The van der Waals surface area contributed by atoms with Crippen molar-refractivity contribution >= 4 is 33.4 Å². The van der Waals surface area contributed by atoms with Crippen LogP contribution in [0.25, 0.3) is 0 Å². The quantitative estimate of drug-likeness (QED) is 0.854. The van der Waals surface area contributed by atoms with Crippen molar-refractivity contribution in [2.75, 3.05) is 6.79 Å². The van der Waals surface area contributed by atoms with Gasteiger partial charge in [0.15, 0.2) is 11.5 Å². The molecule has 0 spiro atoms. The Morgan fingerprint density at radius 2 is 2.22 bits per heavy atom. The monoisotopic (exact) mass is 281 g/mol. The van der Waals surface area contributed by atoms with Crippen molar-refractivity contribution in [2.24, 2.45) is 0 Å². The predicted molar refractivity (Wildman–Crippen MR) is 73.0 cm³/mol. The second-order valence-electron chi connectivity index (χ2n) is 4.13. The lowest BCUT2D eigenvalue weighted by atomic mass is 10.1. The molecule has 0 saturated carbocycles. The van der Waals surface area contributed by atoms with E-state index >= 15 is 0 Å². The highest BCUT2D eigenvalue weighted by Crippen LogP contribution is 2.33. The SMILES string of the molecule is O=C1SC(=S)NC1CCc1ccc2c(c1)OCO2. The van der Waals surface area contributed by atoms with Gasteiger partial charge in [-0.2, -0.15) is 0 Å². The van der Waals surface area contributed by atoms with Gasteiger partial charge < -0.3 is 14.8 Å². The van der Waals surface area contributed by atoms with E-state index in [0.717, 1.165) is 41.7 Å². The van der Waals surface area contributed by atoms with Crippen LogP contribution < -0.4 is 14.8 Å². The second-order valence-corrected chi connectivity index (χ2v) is 5.81. The fourth-order valence-corrected chi connectivity index (χ4v) is 3.08. The van der Waals surface area contributed by atoms with Crippen molar-refractivity contribution in [3.05, 3.63) is 23.8 Å². The van der Waals surface area contributed by atoms with Gasteiger partial charge in [-0.15, -0.1) is 0 Å². The van der Waals surface area contributed by atoms with Crippen LogP contribution in [0.2, 0.25) is 0 Å². The number of hydrogen-bond donors (Lipinski definition) is 1. The van der Waals surface area contributed by atoms with Crippen molar-refractivity contribution in [1.82, 2.24) is 5.32 Å². The molecule has 6 heteroatoms. The number of aryl methyl sites for hydroxylation is 1. The van der Waals surface area contributed by atoms with Crippen LogP contribution in [0.15, 0.2) is 18.2 Å². The Hall–Kier alpha value is -1.27. The van der Waals surface area contributed by atoms with Gasteiger partial charge in [0.25, 0.3) is 0 Å². The summed E-state index contributed by atoms with van der Waals surface area (Å²) in [6.07, 6.45) is 1.55. The molecule has 0 aliphatic carbocycles. The van der Waals surface area contributed by atoms with Crippen LogP contribution >= 0.6 is 24.0 Å². The summed E-state index contributed by atoms with van der Waals surface area (Å²) in [5.74, 6) is 1.56. The molecule has 2 aliphatic heterocycles. The minimum atomic E-state index is -0.159. The molecule has 94 valence electrons. The Morgan fingerprint density at radius 3 is 3.00 bits per heavy atom. The van der Waals surface area contributed by atoms with Gasteiger partial charge in [-0.1, -0.05) is 18.3 Å². The lowest BCUT2D eigenvalue weighted by Gasteiger charge is -2.08. The molecule has 0 amide bonds. The third-order valence-electron chi connectivity index (χ3n) is 2.93. The topological polar surface area (TPSA) is 47.6 Å². The van der Waals surface area contributed by atoms with Crippen LogP contribution in [0, 0.1) is 0 Å². The molecule has 1 unspecified atom stereocenters. The second kappa shape index (κ2) is 4.78. The summed E-state index contributed by atoms with van der Waals surface area (Å²) in [5.41, 5.74) is 1.14. The summed E-state index contributed by atoms with van der Waals surface area (Å²) < 4.78 is 11.2. The summed E-state index contributed by atoms with van der Waals surface area (Å²) in [6, 6.07) is 5.71. The molecule has 1 N–H and O–H groups in total. The van der Waals surface area contributed by atoms with E-state index in [1.54, 1.807) is 0 Å². The molecule has 0 radical (unpaired) electrons. The fraction of sp³-hybridized carbons (Fsp3) is 0.333. The number of carbonyl (C=O) groups is 1. The molecule has 0 aromatic heterocycles. The van der Waals surface area contributed by atoms with Gasteiger partial charge in [-0.25, -0.2) is 0 Å². The van der Waals surface area contributed by atoms with Crippen molar-refractivity contribution in [1.29, 1.82) is 0 Å². The summed E-state index contributed by atoms with van der Waals surface area (Å²) in [4.78, 5) is 11.6. The van der Waals surface area contributed by atoms with Crippen LogP contribution in [-0.2, 0) is 11.2 Å². The van der Waals surface area contributed by atoms with Gasteiger partial charge in [0.05, 0.1) is 6.04 Å². The lowest BCUT2D eigenvalue weighted by molar-refractivity contribution is -0.112. The molecule has 0 bridgehead atoms. The van der Waals surface area contributed by atoms with Crippen LogP contribution in [0.3, 0.4) is 0 Å². The van der Waals surface area contributed by atoms with Gasteiger partial charge in [0.2, 0.25) is 11.9 Å². The van der Waals surface area contributed by atoms with E-state index in [-0.39, 0.29) is 18.0 Å². The van der Waals surface area contributed by atoms with Gasteiger partial charge >= 0.3 is 0 Å². The summed E-state index contributed by atoms with van der Waals surface area (Å²) in [7, 11) is 0. The van der Waals surface area contributed by atoms with Gasteiger partial charge in [0, 0.05) is 0 Å². The molecule has 2 heterocycles. The van der Waals surface area contributed by atoms with Crippen molar-refractivity contribution < 1.29 is 14.3 Å². The number of benzene rings is 1. The lowest BCUT2D eigenvalue weighted by Crippen LogP contribution is -2.28. The van der Waals surface area contributed by atoms with Crippen molar-refractivity contribution in [3.63, 3.8) is 0 Å². The Bertz CT molecular complexity index is 518. The number of hydrogen-bond acceptors (Lipinski definition) is 5. The molecule has 2 aliphatic rings. The highest BCUT2D eigenvalue weighted by molar-refractivity contribution is 8.33. The number of thiocarbonyl (C=S) groups is 1. The number of carbonyl (C=O) groups excluding carboxylic acids is 1. The zero-order chi connectivity index (χ0) is 12.5. The Balaban J connectivity index is 1.63. The average molecular weight is 281 g/mol. The first-order chi connectivity index (χ1) is 8.72. The zero-order valence-corrected chi connectivity index (χ0v) is 11.1. The molecule has 1 aromatic carbocycles. The number of thioether (sulfide) groups is 1. The normalized spacial score (nSPS) is 21.2. The molecular weight excluding hydrogens is 270 g/mol. The Kier molecular flexibility index (Phi) is 3.13. The van der Waals surface area contributed by atoms with E-state index in [1.165, 1.54) is 0 Å². The maximum atomic E-state index is 11.6. The fourth-order valence-electron chi connectivity index (χ4n) is 1.99. The van der Waals surface area contributed by atoms with Crippen LogP contribution in [0.4, 0.5) is 0 Å². The maximum absolute atomic E-state index is 11.6. The summed E-state index contributed by atoms with van der Waals surface area (Å²) in [5, 5.41) is 3.13. The number of fused-ring (bicyclic) bond motifs is 1. The van der Waals surface area contributed by atoms with E-state index in [0.29, 0.717) is 4.32 Å². The van der Waals surface area contributed by atoms with Crippen LogP contribution in [0.1, 0.15) is 12.0 Å². The molecule has 4 nitrogen and oxygen atoms in total. The van der Waals surface area contributed by atoms with Crippen LogP contribution in [0.5, 0.6) is 11.5 Å². The highest BCUT2D eigenvalue weighted by Gasteiger charge is 2.28. The summed E-state index contributed by atoms with van der Waals surface area (Å²) in [6.45, 7) is 0.284. The van der Waals surface area contributed by atoms with E-state index < -0.39 is 0 Å². The molecule has 1 atom stereocenters. The summed E-state index contributed by atoms with van der Waals surface area (Å²) >= 11 is 6.08. The first kappa shape index (κ1) is 11.8. The largest absolute Gasteiger partial charge is 0.454 e. The molecular formula is C12H11NO3S2. The van der Waals surface area contributed by atoms with Gasteiger partial charge in [0.1, 0.15) is 4.32 Å². The number of rotatable bonds is 3. The van der Waals surface area contributed by atoms with E-state index in [9.17, 15) is 4.79 Å². The van der Waals surface area contributed by atoms with Crippen LogP contribution in [-0.4, -0.2) is 22.3 Å². The molecule has 18 heavy (non-hydrogen) atoms. The van der Waals surface area contributed by atoms with Crippen molar-refractivity contribution in [2.45, 2.75) is 18.9 Å².